The van der Waals surface area contributed by atoms with Gasteiger partial charge in [0.05, 0.1) is 21.1 Å². The van der Waals surface area contributed by atoms with Crippen LogP contribution in [0.5, 0.6) is 5.75 Å². The largest absolute Gasteiger partial charge is 0.497 e. The fourth-order valence-corrected chi connectivity index (χ4v) is 5.05. The summed E-state index contributed by atoms with van der Waals surface area (Å²) in [5.41, 5.74) is 1.30. The molecule has 1 aliphatic heterocycles. The van der Waals surface area contributed by atoms with E-state index >= 15 is 0 Å². The molecule has 3 amide bonds. The summed E-state index contributed by atoms with van der Waals surface area (Å²) < 4.78 is 5.20. The van der Waals surface area contributed by atoms with Crippen LogP contribution in [0.2, 0.25) is 19.1 Å². The van der Waals surface area contributed by atoms with E-state index in [0.717, 1.165) is 6.04 Å². The monoisotopic (exact) mass is 453 g/mol. The summed E-state index contributed by atoms with van der Waals surface area (Å²) in [6, 6.07) is 15.2. The van der Waals surface area contributed by atoms with Crippen LogP contribution in [0.3, 0.4) is 0 Å². The van der Waals surface area contributed by atoms with Gasteiger partial charge >= 0.3 is 0 Å². The molecular formula is C24H31N3O4Si. The van der Waals surface area contributed by atoms with Gasteiger partial charge in [0.2, 0.25) is 11.8 Å². The van der Waals surface area contributed by atoms with E-state index in [9.17, 15) is 14.4 Å². The van der Waals surface area contributed by atoms with E-state index in [-0.39, 0.29) is 30.7 Å². The van der Waals surface area contributed by atoms with Gasteiger partial charge in [0.1, 0.15) is 11.8 Å². The minimum atomic E-state index is -1.46. The van der Waals surface area contributed by atoms with E-state index in [2.05, 4.69) is 48.1 Å². The van der Waals surface area contributed by atoms with Gasteiger partial charge < -0.3 is 20.7 Å². The van der Waals surface area contributed by atoms with Crippen molar-refractivity contribution in [1.29, 1.82) is 0 Å². The topological polar surface area (TPSA) is 96.5 Å². The van der Waals surface area contributed by atoms with Gasteiger partial charge in [-0.3, -0.25) is 14.4 Å². The highest BCUT2D eigenvalue weighted by molar-refractivity contribution is 6.89. The predicted molar refractivity (Wildman–Crippen MR) is 128 cm³/mol. The van der Waals surface area contributed by atoms with Crippen molar-refractivity contribution in [3.8, 4) is 5.75 Å². The minimum absolute atomic E-state index is 0.126. The molecule has 32 heavy (non-hydrogen) atoms. The number of benzene rings is 2. The second-order valence-corrected chi connectivity index (χ2v) is 13.8. The Bertz CT molecular complexity index is 974. The summed E-state index contributed by atoms with van der Waals surface area (Å²) in [4.78, 5) is 37.4. The average molecular weight is 454 g/mol. The van der Waals surface area contributed by atoms with Crippen LogP contribution in [0.4, 0.5) is 5.69 Å². The molecular weight excluding hydrogens is 422 g/mol. The van der Waals surface area contributed by atoms with E-state index in [1.807, 2.05) is 12.1 Å². The highest BCUT2D eigenvalue weighted by Crippen LogP contribution is 2.21. The number of nitrogens with one attached hydrogen (secondary N) is 3. The third-order valence-electron chi connectivity index (χ3n) is 6.16. The first-order valence-corrected chi connectivity index (χ1v) is 14.1. The maximum Gasteiger partial charge on any atom is 0.251 e. The first-order valence-electron chi connectivity index (χ1n) is 10.9. The number of hydrogen-bond acceptors (Lipinski definition) is 4. The number of rotatable bonds is 8. The van der Waals surface area contributed by atoms with Crippen molar-refractivity contribution in [3.63, 3.8) is 0 Å². The van der Waals surface area contributed by atoms with Gasteiger partial charge in [-0.2, -0.15) is 0 Å². The molecule has 1 heterocycles. The zero-order chi connectivity index (χ0) is 23.3. The number of anilines is 1. The second kappa shape index (κ2) is 9.99. The van der Waals surface area contributed by atoms with E-state index < -0.39 is 20.0 Å². The van der Waals surface area contributed by atoms with Crippen molar-refractivity contribution < 1.29 is 19.1 Å². The van der Waals surface area contributed by atoms with Crippen LogP contribution in [-0.2, 0) is 14.4 Å². The number of carbonyl (C=O) groups excluding carboxylic acids is 3. The Morgan fingerprint density at radius 1 is 1.12 bits per heavy atom. The molecule has 2 aromatic carbocycles. The molecule has 170 valence electrons. The SMILES string of the molecule is CC[Si](C)(C)c1ccc(NC(=O)C(NC(=O)C2CNC(=O)C2)c2ccc(OC)cc2)cc1. The highest BCUT2D eigenvalue weighted by atomic mass is 28.3. The van der Waals surface area contributed by atoms with Gasteiger partial charge in [-0.15, -0.1) is 0 Å². The third-order valence-corrected chi connectivity index (χ3v) is 9.83. The van der Waals surface area contributed by atoms with Gasteiger partial charge in [-0.25, -0.2) is 0 Å². The van der Waals surface area contributed by atoms with E-state index in [4.69, 9.17) is 4.74 Å². The van der Waals surface area contributed by atoms with Crippen LogP contribution in [0.1, 0.15) is 24.9 Å². The molecule has 0 radical (unpaired) electrons. The van der Waals surface area contributed by atoms with Crippen LogP contribution in [0.25, 0.3) is 0 Å². The molecule has 0 spiro atoms. The Morgan fingerprint density at radius 3 is 2.31 bits per heavy atom. The van der Waals surface area contributed by atoms with Crippen LogP contribution in [-0.4, -0.2) is 39.4 Å². The van der Waals surface area contributed by atoms with Crippen molar-refractivity contribution in [1.82, 2.24) is 10.6 Å². The number of methoxy groups -OCH3 is 1. The fourth-order valence-electron chi connectivity index (χ4n) is 3.57. The molecule has 1 saturated heterocycles. The number of ether oxygens (including phenoxy) is 1. The van der Waals surface area contributed by atoms with Gasteiger partial charge in [-0.1, -0.05) is 55.5 Å². The standard InChI is InChI=1S/C24H31N3O4Si/c1-5-32(3,4)20-12-8-18(9-13-20)26-24(30)22(16-6-10-19(31-2)11-7-16)27-23(29)17-14-21(28)25-15-17/h6-13,17,22H,5,14-15H2,1-4H3,(H,25,28)(H,26,30)(H,27,29). The third kappa shape index (κ3) is 5.56. The van der Waals surface area contributed by atoms with E-state index in [1.54, 1.807) is 31.4 Å². The predicted octanol–water partition coefficient (Wildman–Crippen LogP) is 2.56. The molecule has 7 nitrogen and oxygen atoms in total. The fraction of sp³-hybridized carbons (Fsp3) is 0.375. The number of amides is 3. The lowest BCUT2D eigenvalue weighted by atomic mass is 10.0. The molecule has 8 heteroatoms. The van der Waals surface area contributed by atoms with Crippen LogP contribution >= 0.6 is 0 Å². The summed E-state index contributed by atoms with van der Waals surface area (Å²) in [5, 5.41) is 9.73. The lowest BCUT2D eigenvalue weighted by Crippen LogP contribution is -2.41. The average Bonchev–Trinajstić information content (AvgIpc) is 3.24. The summed E-state index contributed by atoms with van der Waals surface area (Å²) >= 11 is 0. The number of hydrogen-bond donors (Lipinski definition) is 3. The lowest BCUT2D eigenvalue weighted by Gasteiger charge is -2.22. The molecule has 1 fully saturated rings. The smallest absolute Gasteiger partial charge is 0.251 e. The van der Waals surface area contributed by atoms with Gasteiger partial charge in [-0.05, 0) is 29.8 Å². The highest BCUT2D eigenvalue weighted by Gasteiger charge is 2.32. The molecule has 3 rings (SSSR count). The molecule has 0 aliphatic carbocycles. The normalized spacial score (nSPS) is 16.8. The summed E-state index contributed by atoms with van der Waals surface area (Å²) in [7, 11) is 0.109. The first-order chi connectivity index (χ1) is 15.2. The maximum atomic E-state index is 13.2. The Balaban J connectivity index is 1.79. The van der Waals surface area contributed by atoms with Crippen LogP contribution < -0.4 is 25.9 Å². The Kier molecular flexibility index (Phi) is 7.35. The van der Waals surface area contributed by atoms with Crippen molar-refractivity contribution in [2.45, 2.75) is 38.5 Å². The molecule has 0 bridgehead atoms. The number of carbonyl (C=O) groups is 3. The van der Waals surface area contributed by atoms with Crippen molar-refractivity contribution in [2.75, 3.05) is 19.0 Å². The molecule has 2 atom stereocenters. The Morgan fingerprint density at radius 2 is 1.78 bits per heavy atom. The second-order valence-electron chi connectivity index (χ2n) is 8.72. The Hall–Kier alpha value is -3.13. The summed E-state index contributed by atoms with van der Waals surface area (Å²) in [6.45, 7) is 7.12. The van der Waals surface area contributed by atoms with Crippen molar-refractivity contribution >= 4 is 36.7 Å². The lowest BCUT2D eigenvalue weighted by molar-refractivity contribution is -0.129. The summed E-state index contributed by atoms with van der Waals surface area (Å²) in [6.07, 6.45) is 0.126. The molecule has 0 aromatic heterocycles. The van der Waals surface area contributed by atoms with Gasteiger partial charge in [0.15, 0.2) is 0 Å². The minimum Gasteiger partial charge on any atom is -0.497 e. The molecule has 2 aromatic rings. The van der Waals surface area contributed by atoms with Gasteiger partial charge in [0, 0.05) is 18.7 Å². The van der Waals surface area contributed by atoms with Gasteiger partial charge in [0.25, 0.3) is 5.91 Å². The first kappa shape index (κ1) is 23.5. The molecule has 1 aliphatic rings. The molecule has 3 N–H and O–H groups in total. The van der Waals surface area contributed by atoms with E-state index in [0.29, 0.717) is 17.0 Å². The quantitative estimate of drug-likeness (QED) is 0.535. The van der Waals surface area contributed by atoms with E-state index in [1.165, 1.54) is 5.19 Å². The zero-order valence-corrected chi connectivity index (χ0v) is 20.0. The van der Waals surface area contributed by atoms with Crippen molar-refractivity contribution in [2.24, 2.45) is 5.92 Å². The van der Waals surface area contributed by atoms with Crippen molar-refractivity contribution in [3.05, 3.63) is 54.1 Å². The maximum absolute atomic E-state index is 13.2. The zero-order valence-electron chi connectivity index (χ0n) is 19.0. The summed E-state index contributed by atoms with van der Waals surface area (Å²) in [5.74, 6) is -0.667. The molecule has 2 unspecified atom stereocenters. The molecule has 0 saturated carbocycles. The van der Waals surface area contributed by atoms with Crippen LogP contribution in [0.15, 0.2) is 48.5 Å². The Labute approximate surface area is 189 Å². The van der Waals surface area contributed by atoms with Crippen LogP contribution in [0, 0.1) is 5.92 Å².